The van der Waals surface area contributed by atoms with Crippen LogP contribution in [0.1, 0.15) is 36.4 Å². The fourth-order valence-electron chi connectivity index (χ4n) is 4.00. The van der Waals surface area contributed by atoms with Crippen LogP contribution in [0.3, 0.4) is 0 Å². The van der Waals surface area contributed by atoms with Gasteiger partial charge >= 0.3 is 0 Å². The summed E-state index contributed by atoms with van der Waals surface area (Å²) in [5, 5.41) is 0.508. The average molecular weight is 414 g/mol. The molecule has 1 aliphatic heterocycles. The lowest BCUT2D eigenvalue weighted by Gasteiger charge is -2.21. The number of hydrogen-bond donors (Lipinski definition) is 0. The minimum Gasteiger partial charge on any atom is -0.341 e. The Kier molecular flexibility index (Phi) is 5.50. The minimum absolute atomic E-state index is 0.00532. The van der Waals surface area contributed by atoms with E-state index in [9.17, 15) is 14.0 Å². The van der Waals surface area contributed by atoms with Crippen molar-refractivity contribution >= 4 is 27.5 Å². The van der Waals surface area contributed by atoms with E-state index < -0.39 is 0 Å². The molecule has 1 saturated heterocycles. The van der Waals surface area contributed by atoms with Crippen LogP contribution >= 0.6 is 11.3 Å². The van der Waals surface area contributed by atoms with E-state index in [-0.39, 0.29) is 23.8 Å². The highest BCUT2D eigenvalue weighted by Crippen LogP contribution is 2.35. The van der Waals surface area contributed by atoms with Gasteiger partial charge in [0, 0.05) is 23.5 Å². The molecule has 0 spiro atoms. The van der Waals surface area contributed by atoms with Crippen molar-refractivity contribution < 1.29 is 9.18 Å². The van der Waals surface area contributed by atoms with Crippen LogP contribution in [0.15, 0.2) is 29.1 Å². The number of thiophene rings is 1. The largest absolute Gasteiger partial charge is 0.341 e. The Bertz CT molecular complexity index is 1110. The van der Waals surface area contributed by atoms with Crippen molar-refractivity contribution in [1.82, 2.24) is 14.5 Å². The molecule has 4 rings (SSSR count). The summed E-state index contributed by atoms with van der Waals surface area (Å²) >= 11 is 1.45. The van der Waals surface area contributed by atoms with Crippen LogP contribution in [0, 0.1) is 19.7 Å². The first-order chi connectivity index (χ1) is 14.0. The van der Waals surface area contributed by atoms with Crippen molar-refractivity contribution in [3.63, 3.8) is 0 Å². The van der Waals surface area contributed by atoms with Crippen LogP contribution in [0.2, 0.25) is 0 Å². The molecular formula is C22H24FN3O2S. The van der Waals surface area contributed by atoms with E-state index >= 15 is 0 Å². The monoisotopic (exact) mass is 413 g/mol. The summed E-state index contributed by atoms with van der Waals surface area (Å²) < 4.78 is 14.9. The van der Waals surface area contributed by atoms with Crippen LogP contribution < -0.4 is 5.56 Å². The molecule has 3 aromatic rings. The fourth-order valence-corrected chi connectivity index (χ4v) is 5.08. The van der Waals surface area contributed by atoms with Crippen molar-refractivity contribution in [1.29, 1.82) is 0 Å². The summed E-state index contributed by atoms with van der Waals surface area (Å²) in [5.74, 6) is 0.187. The Morgan fingerprint density at radius 3 is 2.41 bits per heavy atom. The van der Waals surface area contributed by atoms with Crippen LogP contribution in [0.4, 0.5) is 4.39 Å². The summed E-state index contributed by atoms with van der Waals surface area (Å²) in [6.07, 6.45) is 4.31. The molecule has 1 aliphatic rings. The van der Waals surface area contributed by atoms with Crippen LogP contribution in [0.5, 0.6) is 0 Å². The lowest BCUT2D eigenvalue weighted by atomic mass is 10.0. The van der Waals surface area contributed by atoms with E-state index in [1.165, 1.54) is 28.0 Å². The van der Waals surface area contributed by atoms with E-state index in [4.69, 9.17) is 0 Å². The van der Waals surface area contributed by atoms with E-state index in [2.05, 4.69) is 4.98 Å². The molecule has 0 bridgehead atoms. The molecule has 29 heavy (non-hydrogen) atoms. The number of hydrogen-bond acceptors (Lipinski definition) is 4. The molecule has 2 aromatic heterocycles. The standard InChI is InChI=1S/C22H24FN3O2S/c1-14-19(16-7-9-17(23)10-8-16)20-21(29-14)24-15(2)26(22(20)28)13-18(27)25-11-5-3-4-6-12-25/h7-10H,3-6,11-13H2,1-2H3. The molecule has 0 saturated carbocycles. The van der Waals surface area contributed by atoms with Crippen LogP contribution in [-0.2, 0) is 11.3 Å². The van der Waals surface area contributed by atoms with Gasteiger partial charge in [-0.2, -0.15) is 0 Å². The van der Waals surface area contributed by atoms with Crippen LogP contribution in [-0.4, -0.2) is 33.4 Å². The molecular weight excluding hydrogens is 389 g/mol. The zero-order valence-corrected chi connectivity index (χ0v) is 17.5. The number of halogens is 1. The van der Waals surface area contributed by atoms with Gasteiger partial charge in [-0.3, -0.25) is 14.2 Å². The van der Waals surface area contributed by atoms with Gasteiger partial charge in [0.05, 0.1) is 5.39 Å². The Hall–Kier alpha value is -2.54. The topological polar surface area (TPSA) is 55.2 Å². The first-order valence-electron chi connectivity index (χ1n) is 10.00. The molecule has 1 aromatic carbocycles. The fraction of sp³-hybridized carbons (Fsp3) is 0.409. The van der Waals surface area contributed by atoms with Crippen molar-refractivity contribution in [3.05, 3.63) is 51.1 Å². The van der Waals surface area contributed by atoms with Gasteiger partial charge < -0.3 is 4.90 Å². The number of carbonyl (C=O) groups is 1. The molecule has 0 radical (unpaired) electrons. The number of nitrogens with zero attached hydrogens (tertiary/aromatic N) is 3. The highest BCUT2D eigenvalue weighted by atomic mass is 32.1. The van der Waals surface area contributed by atoms with Crippen molar-refractivity contribution in [3.8, 4) is 11.1 Å². The number of fused-ring (bicyclic) bond motifs is 1. The number of likely N-dealkylation sites (tertiary alicyclic amines) is 1. The van der Waals surface area contributed by atoms with Gasteiger partial charge in [-0.05, 0) is 44.4 Å². The van der Waals surface area contributed by atoms with Gasteiger partial charge in [0.2, 0.25) is 5.91 Å². The second kappa shape index (κ2) is 8.06. The number of aryl methyl sites for hydroxylation is 2. The van der Waals surface area contributed by atoms with Crippen molar-refractivity contribution in [2.24, 2.45) is 0 Å². The maximum atomic E-state index is 13.4. The number of amides is 1. The minimum atomic E-state index is -0.319. The molecule has 152 valence electrons. The number of rotatable bonds is 3. The first-order valence-corrected chi connectivity index (χ1v) is 10.8. The van der Waals surface area contributed by atoms with Gasteiger partial charge in [0.15, 0.2) is 0 Å². The van der Waals surface area contributed by atoms with Crippen LogP contribution in [0.25, 0.3) is 21.3 Å². The third-order valence-corrected chi connectivity index (χ3v) is 6.56. The molecule has 1 amide bonds. The Balaban J connectivity index is 1.77. The van der Waals surface area contributed by atoms with Crippen molar-refractivity contribution in [2.45, 2.75) is 46.1 Å². The summed E-state index contributed by atoms with van der Waals surface area (Å²) in [7, 11) is 0. The molecule has 0 aliphatic carbocycles. The molecule has 0 atom stereocenters. The van der Waals surface area contributed by atoms with Gasteiger partial charge in [0.25, 0.3) is 5.56 Å². The summed E-state index contributed by atoms with van der Waals surface area (Å²) in [5.41, 5.74) is 1.35. The van der Waals surface area contributed by atoms with E-state index in [1.807, 2.05) is 11.8 Å². The average Bonchev–Trinajstić information content (AvgIpc) is 2.87. The smallest absolute Gasteiger partial charge is 0.263 e. The van der Waals surface area contributed by atoms with Gasteiger partial charge in [0.1, 0.15) is 23.0 Å². The first kappa shape index (κ1) is 19.8. The Morgan fingerprint density at radius 1 is 1.10 bits per heavy atom. The van der Waals surface area contributed by atoms with Gasteiger partial charge in [-0.15, -0.1) is 11.3 Å². The quantitative estimate of drug-likeness (QED) is 0.644. The van der Waals surface area contributed by atoms with Gasteiger partial charge in [-0.25, -0.2) is 9.37 Å². The zero-order valence-electron chi connectivity index (χ0n) is 16.7. The highest BCUT2D eigenvalue weighted by molar-refractivity contribution is 7.19. The third kappa shape index (κ3) is 3.83. The summed E-state index contributed by atoms with van der Waals surface area (Å²) in [6.45, 7) is 5.21. The second-order valence-electron chi connectivity index (χ2n) is 7.57. The molecule has 1 fully saturated rings. The molecule has 3 heterocycles. The zero-order chi connectivity index (χ0) is 20.5. The highest BCUT2D eigenvalue weighted by Gasteiger charge is 2.22. The SMILES string of the molecule is Cc1sc2nc(C)n(CC(=O)N3CCCCCC3)c(=O)c2c1-c1ccc(F)cc1. The maximum absolute atomic E-state index is 13.4. The second-order valence-corrected chi connectivity index (χ2v) is 8.77. The maximum Gasteiger partial charge on any atom is 0.263 e. The van der Waals surface area contributed by atoms with E-state index in [0.29, 0.717) is 16.0 Å². The molecule has 5 nitrogen and oxygen atoms in total. The normalized spacial score (nSPS) is 14.9. The summed E-state index contributed by atoms with van der Waals surface area (Å²) in [6, 6.07) is 6.13. The Morgan fingerprint density at radius 2 is 1.76 bits per heavy atom. The number of benzene rings is 1. The third-order valence-electron chi connectivity index (χ3n) is 5.56. The van der Waals surface area contributed by atoms with E-state index in [0.717, 1.165) is 54.8 Å². The molecule has 0 unspecified atom stereocenters. The number of aromatic nitrogens is 2. The van der Waals surface area contributed by atoms with Gasteiger partial charge in [-0.1, -0.05) is 25.0 Å². The Labute approximate surface area is 172 Å². The number of carbonyl (C=O) groups excluding carboxylic acids is 1. The van der Waals surface area contributed by atoms with Crippen molar-refractivity contribution in [2.75, 3.05) is 13.1 Å². The predicted octanol–water partition coefficient (Wildman–Crippen LogP) is 4.28. The lowest BCUT2D eigenvalue weighted by Crippen LogP contribution is -2.38. The lowest BCUT2D eigenvalue weighted by molar-refractivity contribution is -0.131. The predicted molar refractivity (Wildman–Crippen MR) is 114 cm³/mol. The van der Waals surface area contributed by atoms with E-state index in [1.54, 1.807) is 19.1 Å². The summed E-state index contributed by atoms with van der Waals surface area (Å²) in [4.78, 5) is 34.3. The molecule has 0 N–H and O–H groups in total. The molecule has 7 heteroatoms.